The Balaban J connectivity index is 1.66. The maximum absolute atomic E-state index is 12.7. The standard InChI is InChI=1S/C22H17N3O5/c1-13-11-14(7-9-18(13)25(27)28)21(26)23-17-12-15(8-10-19(17)29-2)22-24-16-5-3-4-6-20(16)30-22/h3-12H,1-2H3,(H,23,26). The van der Waals surface area contributed by atoms with Crippen LogP contribution in [-0.4, -0.2) is 22.9 Å². The summed E-state index contributed by atoms with van der Waals surface area (Å²) in [5.41, 5.74) is 3.15. The van der Waals surface area contributed by atoms with Crippen LogP contribution in [0, 0.1) is 17.0 Å². The molecular weight excluding hydrogens is 386 g/mol. The molecule has 30 heavy (non-hydrogen) atoms. The smallest absolute Gasteiger partial charge is 0.272 e. The first-order valence-corrected chi connectivity index (χ1v) is 9.06. The van der Waals surface area contributed by atoms with E-state index in [4.69, 9.17) is 9.15 Å². The van der Waals surface area contributed by atoms with Crippen molar-refractivity contribution < 1.29 is 18.9 Å². The summed E-state index contributed by atoms with van der Waals surface area (Å²) in [4.78, 5) is 27.7. The van der Waals surface area contributed by atoms with Gasteiger partial charge in [0.1, 0.15) is 11.3 Å². The van der Waals surface area contributed by atoms with Crippen LogP contribution in [0.3, 0.4) is 0 Å². The second-order valence-corrected chi connectivity index (χ2v) is 6.61. The molecule has 1 N–H and O–H groups in total. The number of amides is 1. The van der Waals surface area contributed by atoms with Crippen molar-refractivity contribution in [3.8, 4) is 17.2 Å². The lowest BCUT2D eigenvalue weighted by Gasteiger charge is -2.11. The zero-order valence-electron chi connectivity index (χ0n) is 16.2. The number of nitro benzene ring substituents is 1. The summed E-state index contributed by atoms with van der Waals surface area (Å²) in [6, 6.07) is 16.8. The van der Waals surface area contributed by atoms with Gasteiger partial charge in [-0.25, -0.2) is 4.98 Å². The number of anilines is 1. The van der Waals surface area contributed by atoms with E-state index in [1.54, 1.807) is 25.1 Å². The van der Waals surface area contributed by atoms with Crippen molar-refractivity contribution in [1.29, 1.82) is 0 Å². The van der Waals surface area contributed by atoms with Gasteiger partial charge in [0.2, 0.25) is 5.89 Å². The highest BCUT2D eigenvalue weighted by molar-refractivity contribution is 6.05. The van der Waals surface area contributed by atoms with E-state index in [0.717, 1.165) is 5.52 Å². The third-order valence-electron chi connectivity index (χ3n) is 4.64. The number of carbonyl (C=O) groups is 1. The maximum atomic E-state index is 12.7. The topological polar surface area (TPSA) is 108 Å². The molecule has 3 aromatic carbocycles. The Morgan fingerprint density at radius 2 is 1.93 bits per heavy atom. The van der Waals surface area contributed by atoms with Gasteiger partial charge < -0.3 is 14.5 Å². The predicted octanol–water partition coefficient (Wildman–Crippen LogP) is 4.97. The molecule has 1 aromatic heterocycles. The summed E-state index contributed by atoms with van der Waals surface area (Å²) >= 11 is 0. The largest absolute Gasteiger partial charge is 0.495 e. The van der Waals surface area contributed by atoms with Crippen molar-refractivity contribution in [2.24, 2.45) is 0 Å². The molecule has 0 saturated heterocycles. The molecule has 0 radical (unpaired) electrons. The first kappa shape index (κ1) is 19.1. The van der Waals surface area contributed by atoms with Crippen LogP contribution >= 0.6 is 0 Å². The molecule has 0 saturated carbocycles. The first-order chi connectivity index (χ1) is 14.5. The van der Waals surface area contributed by atoms with Crippen molar-refractivity contribution in [3.05, 3.63) is 81.9 Å². The number of rotatable bonds is 5. The molecule has 0 atom stereocenters. The molecule has 4 aromatic rings. The lowest BCUT2D eigenvalue weighted by Crippen LogP contribution is -2.13. The molecule has 0 fully saturated rings. The second-order valence-electron chi connectivity index (χ2n) is 6.61. The lowest BCUT2D eigenvalue weighted by molar-refractivity contribution is -0.385. The maximum Gasteiger partial charge on any atom is 0.272 e. The van der Waals surface area contributed by atoms with Crippen molar-refractivity contribution in [3.63, 3.8) is 0 Å². The van der Waals surface area contributed by atoms with E-state index in [1.165, 1.54) is 25.3 Å². The third-order valence-corrected chi connectivity index (χ3v) is 4.64. The molecule has 8 heteroatoms. The Hall–Kier alpha value is -4.20. The fourth-order valence-corrected chi connectivity index (χ4v) is 3.13. The van der Waals surface area contributed by atoms with Crippen LogP contribution < -0.4 is 10.1 Å². The molecular formula is C22H17N3O5. The number of aryl methyl sites for hydroxylation is 1. The molecule has 8 nitrogen and oxygen atoms in total. The Bertz CT molecular complexity index is 1250. The van der Waals surface area contributed by atoms with Crippen molar-refractivity contribution in [2.45, 2.75) is 6.92 Å². The summed E-state index contributed by atoms with van der Waals surface area (Å²) in [7, 11) is 1.50. The normalized spacial score (nSPS) is 10.7. The average molecular weight is 403 g/mol. The molecule has 150 valence electrons. The fraction of sp³-hybridized carbons (Fsp3) is 0.0909. The Kier molecular flexibility index (Phi) is 4.89. The zero-order valence-corrected chi connectivity index (χ0v) is 16.2. The molecule has 0 unspecified atom stereocenters. The van der Waals surface area contributed by atoms with Gasteiger partial charge in [-0.15, -0.1) is 0 Å². The van der Waals surface area contributed by atoms with Crippen LogP contribution in [0.4, 0.5) is 11.4 Å². The van der Waals surface area contributed by atoms with E-state index in [2.05, 4.69) is 10.3 Å². The van der Waals surface area contributed by atoms with E-state index in [-0.39, 0.29) is 5.69 Å². The number of nitro groups is 1. The number of aromatic nitrogens is 1. The number of nitrogens with one attached hydrogen (secondary N) is 1. The van der Waals surface area contributed by atoms with Gasteiger partial charge in [0, 0.05) is 22.8 Å². The number of methoxy groups -OCH3 is 1. The minimum Gasteiger partial charge on any atom is -0.495 e. The monoisotopic (exact) mass is 403 g/mol. The summed E-state index contributed by atoms with van der Waals surface area (Å²) in [5.74, 6) is 0.461. The van der Waals surface area contributed by atoms with E-state index >= 15 is 0 Å². The van der Waals surface area contributed by atoms with Crippen molar-refractivity contribution in [2.75, 3.05) is 12.4 Å². The van der Waals surface area contributed by atoms with E-state index in [9.17, 15) is 14.9 Å². The van der Waals surface area contributed by atoms with Gasteiger partial charge in [-0.1, -0.05) is 12.1 Å². The number of carbonyl (C=O) groups excluding carboxylic acids is 1. The van der Waals surface area contributed by atoms with Gasteiger partial charge in [0.15, 0.2) is 5.58 Å². The third kappa shape index (κ3) is 3.58. The summed E-state index contributed by atoms with van der Waals surface area (Å²) < 4.78 is 11.1. The Morgan fingerprint density at radius 3 is 2.63 bits per heavy atom. The van der Waals surface area contributed by atoms with Crippen LogP contribution in [0.1, 0.15) is 15.9 Å². The second kappa shape index (κ2) is 7.67. The van der Waals surface area contributed by atoms with Gasteiger partial charge in [-0.3, -0.25) is 14.9 Å². The number of hydrogen-bond acceptors (Lipinski definition) is 6. The molecule has 0 aliphatic carbocycles. The fourth-order valence-electron chi connectivity index (χ4n) is 3.13. The number of benzene rings is 3. The molecule has 4 rings (SSSR count). The molecule has 1 amide bonds. The molecule has 0 aliphatic rings. The molecule has 1 heterocycles. The number of nitrogens with zero attached hydrogens (tertiary/aromatic N) is 2. The molecule has 0 bridgehead atoms. The van der Waals surface area contributed by atoms with E-state index < -0.39 is 10.8 Å². The van der Waals surface area contributed by atoms with E-state index in [0.29, 0.717) is 39.6 Å². The van der Waals surface area contributed by atoms with Gasteiger partial charge >= 0.3 is 0 Å². The van der Waals surface area contributed by atoms with Crippen LogP contribution in [0.2, 0.25) is 0 Å². The molecule has 0 aliphatic heterocycles. The first-order valence-electron chi connectivity index (χ1n) is 9.06. The number of para-hydroxylation sites is 2. The van der Waals surface area contributed by atoms with Gasteiger partial charge in [-0.05, 0) is 49.4 Å². The van der Waals surface area contributed by atoms with Gasteiger partial charge in [0.05, 0.1) is 17.7 Å². The highest BCUT2D eigenvalue weighted by atomic mass is 16.6. The summed E-state index contributed by atoms with van der Waals surface area (Å²) in [6.45, 7) is 1.59. The van der Waals surface area contributed by atoms with Crippen LogP contribution in [0.25, 0.3) is 22.6 Å². The summed E-state index contributed by atoms with van der Waals surface area (Å²) in [5, 5.41) is 13.8. The zero-order chi connectivity index (χ0) is 21.3. The van der Waals surface area contributed by atoms with Gasteiger partial charge in [0.25, 0.3) is 11.6 Å². The Morgan fingerprint density at radius 1 is 1.13 bits per heavy atom. The predicted molar refractivity (Wildman–Crippen MR) is 112 cm³/mol. The van der Waals surface area contributed by atoms with Crippen LogP contribution in [-0.2, 0) is 0 Å². The highest BCUT2D eigenvalue weighted by Crippen LogP contribution is 2.32. The minimum atomic E-state index is -0.482. The van der Waals surface area contributed by atoms with Crippen LogP contribution in [0.5, 0.6) is 5.75 Å². The van der Waals surface area contributed by atoms with Crippen molar-refractivity contribution in [1.82, 2.24) is 4.98 Å². The Labute approximate surface area is 171 Å². The van der Waals surface area contributed by atoms with Gasteiger partial charge in [-0.2, -0.15) is 0 Å². The number of fused-ring (bicyclic) bond motifs is 1. The minimum absolute atomic E-state index is 0.0397. The highest BCUT2D eigenvalue weighted by Gasteiger charge is 2.17. The number of oxazole rings is 1. The van der Waals surface area contributed by atoms with E-state index in [1.807, 2.05) is 24.3 Å². The lowest BCUT2D eigenvalue weighted by atomic mass is 10.1. The quantitative estimate of drug-likeness (QED) is 0.372. The average Bonchev–Trinajstić information content (AvgIpc) is 3.17. The summed E-state index contributed by atoms with van der Waals surface area (Å²) in [6.07, 6.45) is 0. The molecule has 0 spiro atoms. The number of ether oxygens (including phenoxy) is 1. The van der Waals surface area contributed by atoms with Crippen molar-refractivity contribution >= 4 is 28.4 Å². The number of hydrogen-bond donors (Lipinski definition) is 1. The SMILES string of the molecule is COc1ccc(-c2nc3ccccc3o2)cc1NC(=O)c1ccc([N+](=O)[O-])c(C)c1. The van der Waals surface area contributed by atoms with Crippen LogP contribution in [0.15, 0.2) is 65.1 Å².